The molecule has 3 heteroatoms. The highest BCUT2D eigenvalue weighted by Crippen LogP contribution is 2.12. The first-order valence-corrected chi connectivity index (χ1v) is 6.10. The summed E-state index contributed by atoms with van der Waals surface area (Å²) in [5, 5.41) is 12.4. The average molecular weight is 229 g/mol. The SMILES string of the molecule is Cc1cc(C#N)ccc1CNC1CCN(C)C1. The highest BCUT2D eigenvalue weighted by Gasteiger charge is 2.18. The van der Waals surface area contributed by atoms with Crippen LogP contribution < -0.4 is 5.32 Å². The standard InChI is InChI=1S/C14H19N3/c1-11-7-12(8-15)3-4-13(11)9-16-14-5-6-17(2)10-14/h3-4,7,14,16H,5-6,9-10H2,1-2H3. The predicted molar refractivity (Wildman–Crippen MR) is 68.6 cm³/mol. The van der Waals surface area contributed by atoms with E-state index in [1.807, 2.05) is 12.1 Å². The number of nitrogens with one attached hydrogen (secondary N) is 1. The summed E-state index contributed by atoms with van der Waals surface area (Å²) in [7, 11) is 2.16. The predicted octanol–water partition coefficient (Wildman–Crippen LogP) is 1.66. The van der Waals surface area contributed by atoms with Gasteiger partial charge in [-0.25, -0.2) is 0 Å². The maximum absolute atomic E-state index is 8.81. The summed E-state index contributed by atoms with van der Waals surface area (Å²) in [6.07, 6.45) is 1.23. The van der Waals surface area contributed by atoms with Crippen molar-refractivity contribution in [2.24, 2.45) is 0 Å². The molecule has 1 aliphatic heterocycles. The first kappa shape index (κ1) is 12.1. The number of rotatable bonds is 3. The summed E-state index contributed by atoms with van der Waals surface area (Å²) >= 11 is 0. The highest BCUT2D eigenvalue weighted by molar-refractivity contribution is 5.37. The van der Waals surface area contributed by atoms with E-state index in [0.29, 0.717) is 6.04 Å². The van der Waals surface area contributed by atoms with Gasteiger partial charge in [-0.2, -0.15) is 5.26 Å². The summed E-state index contributed by atoms with van der Waals surface area (Å²) in [4.78, 5) is 2.35. The molecule has 2 rings (SSSR count). The van der Waals surface area contributed by atoms with E-state index in [0.717, 1.165) is 18.7 Å². The maximum atomic E-state index is 8.81. The Balaban J connectivity index is 1.93. The van der Waals surface area contributed by atoms with Crippen LogP contribution in [-0.2, 0) is 6.54 Å². The molecule has 1 unspecified atom stereocenters. The van der Waals surface area contributed by atoms with E-state index in [1.165, 1.54) is 24.1 Å². The van der Waals surface area contributed by atoms with Crippen molar-refractivity contribution >= 4 is 0 Å². The molecule has 1 aromatic carbocycles. The fourth-order valence-corrected chi connectivity index (χ4v) is 2.32. The van der Waals surface area contributed by atoms with Gasteiger partial charge in [0.2, 0.25) is 0 Å². The minimum atomic E-state index is 0.607. The van der Waals surface area contributed by atoms with Crippen molar-refractivity contribution < 1.29 is 0 Å². The maximum Gasteiger partial charge on any atom is 0.0991 e. The molecule has 0 spiro atoms. The van der Waals surface area contributed by atoms with Gasteiger partial charge >= 0.3 is 0 Å². The largest absolute Gasteiger partial charge is 0.309 e. The van der Waals surface area contributed by atoms with Gasteiger partial charge in [-0.3, -0.25) is 0 Å². The van der Waals surface area contributed by atoms with Crippen LogP contribution in [0.15, 0.2) is 18.2 Å². The molecule has 0 radical (unpaired) electrons. The number of nitrogens with zero attached hydrogens (tertiary/aromatic N) is 2. The van der Waals surface area contributed by atoms with Crippen molar-refractivity contribution in [3.8, 4) is 6.07 Å². The third-order valence-electron chi connectivity index (χ3n) is 3.44. The number of benzene rings is 1. The highest BCUT2D eigenvalue weighted by atomic mass is 15.2. The average Bonchev–Trinajstić information content (AvgIpc) is 2.73. The molecule has 1 saturated heterocycles. The van der Waals surface area contributed by atoms with Crippen molar-refractivity contribution in [1.29, 1.82) is 5.26 Å². The first-order valence-electron chi connectivity index (χ1n) is 6.10. The topological polar surface area (TPSA) is 39.1 Å². The van der Waals surface area contributed by atoms with E-state index in [9.17, 15) is 0 Å². The van der Waals surface area contributed by atoms with E-state index in [4.69, 9.17) is 5.26 Å². The lowest BCUT2D eigenvalue weighted by Crippen LogP contribution is -2.31. The normalized spacial score (nSPS) is 20.4. The van der Waals surface area contributed by atoms with Crippen LogP contribution in [0.5, 0.6) is 0 Å². The fraction of sp³-hybridized carbons (Fsp3) is 0.500. The van der Waals surface area contributed by atoms with Crippen LogP contribution in [0.4, 0.5) is 0 Å². The summed E-state index contributed by atoms with van der Waals surface area (Å²) in [5.41, 5.74) is 3.23. The zero-order valence-electron chi connectivity index (χ0n) is 10.5. The van der Waals surface area contributed by atoms with Crippen LogP contribution in [0.3, 0.4) is 0 Å². The van der Waals surface area contributed by atoms with E-state index < -0.39 is 0 Å². The molecule has 1 aliphatic rings. The van der Waals surface area contributed by atoms with Gasteiger partial charge in [0.15, 0.2) is 0 Å². The van der Waals surface area contributed by atoms with Gasteiger partial charge in [-0.05, 0) is 50.2 Å². The van der Waals surface area contributed by atoms with Crippen LogP contribution in [0, 0.1) is 18.3 Å². The first-order chi connectivity index (χ1) is 8.19. The summed E-state index contributed by atoms with van der Waals surface area (Å²) in [6.45, 7) is 5.29. The quantitative estimate of drug-likeness (QED) is 0.856. The van der Waals surface area contributed by atoms with Gasteiger partial charge in [0.1, 0.15) is 0 Å². The van der Waals surface area contributed by atoms with Crippen molar-refractivity contribution in [2.45, 2.75) is 25.9 Å². The second-order valence-electron chi connectivity index (χ2n) is 4.88. The minimum Gasteiger partial charge on any atom is -0.309 e. The van der Waals surface area contributed by atoms with Crippen molar-refractivity contribution in [1.82, 2.24) is 10.2 Å². The second-order valence-corrected chi connectivity index (χ2v) is 4.88. The number of hydrogen-bond donors (Lipinski definition) is 1. The Labute approximate surface area is 103 Å². The summed E-state index contributed by atoms with van der Waals surface area (Å²) in [5.74, 6) is 0. The van der Waals surface area contributed by atoms with Crippen molar-refractivity contribution in [2.75, 3.05) is 20.1 Å². The van der Waals surface area contributed by atoms with E-state index in [-0.39, 0.29) is 0 Å². The van der Waals surface area contributed by atoms with Crippen LogP contribution in [0.1, 0.15) is 23.1 Å². The number of hydrogen-bond acceptors (Lipinski definition) is 3. The lowest BCUT2D eigenvalue weighted by molar-refractivity contribution is 0.397. The Morgan fingerprint density at radius 2 is 2.35 bits per heavy atom. The molecule has 17 heavy (non-hydrogen) atoms. The smallest absolute Gasteiger partial charge is 0.0991 e. The fourth-order valence-electron chi connectivity index (χ4n) is 2.32. The number of likely N-dealkylation sites (N-methyl/N-ethyl adjacent to an activating group) is 1. The molecule has 1 N–H and O–H groups in total. The van der Waals surface area contributed by atoms with Gasteiger partial charge in [0, 0.05) is 19.1 Å². The van der Waals surface area contributed by atoms with Gasteiger partial charge < -0.3 is 10.2 Å². The molecule has 0 aromatic heterocycles. The molecule has 0 amide bonds. The molecule has 3 nitrogen and oxygen atoms in total. The molecular weight excluding hydrogens is 210 g/mol. The Morgan fingerprint density at radius 3 is 2.94 bits per heavy atom. The zero-order valence-corrected chi connectivity index (χ0v) is 10.5. The zero-order chi connectivity index (χ0) is 12.3. The lowest BCUT2D eigenvalue weighted by atomic mass is 10.1. The molecule has 1 fully saturated rings. The van der Waals surface area contributed by atoms with Gasteiger partial charge in [0.25, 0.3) is 0 Å². The van der Waals surface area contributed by atoms with E-state index >= 15 is 0 Å². The lowest BCUT2D eigenvalue weighted by Gasteiger charge is -2.14. The van der Waals surface area contributed by atoms with Crippen LogP contribution >= 0.6 is 0 Å². The van der Waals surface area contributed by atoms with Gasteiger partial charge in [0.05, 0.1) is 11.6 Å². The third-order valence-corrected chi connectivity index (χ3v) is 3.44. The molecule has 1 atom stereocenters. The molecule has 0 saturated carbocycles. The monoisotopic (exact) mass is 229 g/mol. The van der Waals surface area contributed by atoms with E-state index in [2.05, 4.69) is 36.3 Å². The van der Waals surface area contributed by atoms with Crippen LogP contribution in [0.25, 0.3) is 0 Å². The number of aryl methyl sites for hydroxylation is 1. The number of likely N-dealkylation sites (tertiary alicyclic amines) is 1. The second kappa shape index (κ2) is 5.31. The Bertz CT molecular complexity index is 434. The molecule has 0 bridgehead atoms. The Kier molecular flexibility index (Phi) is 3.78. The Hall–Kier alpha value is -1.37. The minimum absolute atomic E-state index is 0.607. The molecular formula is C14H19N3. The van der Waals surface area contributed by atoms with Crippen molar-refractivity contribution in [3.63, 3.8) is 0 Å². The molecule has 0 aliphatic carbocycles. The van der Waals surface area contributed by atoms with Crippen LogP contribution in [-0.4, -0.2) is 31.1 Å². The molecule has 90 valence electrons. The van der Waals surface area contributed by atoms with E-state index in [1.54, 1.807) is 0 Å². The summed E-state index contributed by atoms with van der Waals surface area (Å²) < 4.78 is 0. The third kappa shape index (κ3) is 3.06. The van der Waals surface area contributed by atoms with Gasteiger partial charge in [-0.1, -0.05) is 6.07 Å². The summed E-state index contributed by atoms with van der Waals surface area (Å²) in [6, 6.07) is 8.68. The van der Waals surface area contributed by atoms with Crippen LogP contribution in [0.2, 0.25) is 0 Å². The van der Waals surface area contributed by atoms with Gasteiger partial charge in [-0.15, -0.1) is 0 Å². The molecule has 1 aromatic rings. The van der Waals surface area contributed by atoms with Crippen molar-refractivity contribution in [3.05, 3.63) is 34.9 Å². The number of nitriles is 1. The molecule has 1 heterocycles. The Morgan fingerprint density at radius 1 is 1.53 bits per heavy atom.